The zero-order valence-electron chi connectivity index (χ0n) is 19.5. The lowest BCUT2D eigenvalue weighted by Gasteiger charge is -2.09. The van der Waals surface area contributed by atoms with E-state index in [0.717, 1.165) is 0 Å². The first-order valence-electron chi connectivity index (χ1n) is 10.7. The molecular formula is C22H24Br2N4O8S2. The topological polar surface area (TPSA) is 204 Å². The molecule has 2 aromatic rings. The molecule has 0 aliphatic heterocycles. The number of carbonyl (C=O) groups is 2. The van der Waals surface area contributed by atoms with Crippen molar-refractivity contribution >= 4 is 76.7 Å². The zero-order chi connectivity index (χ0) is 28.2. The number of halogens is 2. The number of aromatic hydroxyl groups is 4. The number of hydrogen-bond donors (Lipinski definition) is 8. The van der Waals surface area contributed by atoms with Crippen molar-refractivity contribution in [2.24, 2.45) is 10.3 Å². The third kappa shape index (κ3) is 9.49. The largest absolute Gasteiger partial charge is 0.504 e. The second kappa shape index (κ2) is 15.6. The van der Waals surface area contributed by atoms with E-state index in [0.29, 0.717) is 22.6 Å². The molecule has 0 spiro atoms. The smallest absolute Gasteiger partial charge is 0.269 e. The number of carbonyl (C=O) groups excluding carboxylic acids is 2. The van der Waals surface area contributed by atoms with Crippen LogP contribution in [-0.2, 0) is 22.4 Å². The lowest BCUT2D eigenvalue weighted by Crippen LogP contribution is -2.34. The summed E-state index contributed by atoms with van der Waals surface area (Å²) < 4.78 is 0.473. The molecule has 0 aromatic heterocycles. The molecule has 8 N–H and O–H groups in total. The summed E-state index contributed by atoms with van der Waals surface area (Å²) in [5, 5.41) is 68.2. The molecule has 0 aliphatic rings. The van der Waals surface area contributed by atoms with Gasteiger partial charge in [-0.1, -0.05) is 31.9 Å². The zero-order valence-corrected chi connectivity index (χ0v) is 24.3. The van der Waals surface area contributed by atoms with Crippen molar-refractivity contribution in [2.75, 3.05) is 24.6 Å². The summed E-state index contributed by atoms with van der Waals surface area (Å²) in [6.07, 6.45) is -0.138. The first kappa shape index (κ1) is 31.4. The molecular weight excluding hydrogens is 672 g/mol. The molecule has 206 valence electrons. The number of phenols is 4. The number of nitrogens with zero attached hydrogens (tertiary/aromatic N) is 2. The summed E-state index contributed by atoms with van der Waals surface area (Å²) in [5.74, 6) is -1.53. The Labute approximate surface area is 241 Å². The summed E-state index contributed by atoms with van der Waals surface area (Å²) in [6.45, 7) is 0.561. The van der Waals surface area contributed by atoms with Crippen LogP contribution in [0.25, 0.3) is 0 Å². The van der Waals surface area contributed by atoms with Crippen LogP contribution in [0.4, 0.5) is 0 Å². The SMILES string of the molecule is O=C(NCCSSCCNC(=O)/C(Cc1cc(O)c(O)c(Br)c1)=N\O)/C(Cc1cc(O)c(O)c(Br)c1)=N\O. The van der Waals surface area contributed by atoms with Gasteiger partial charge in [-0.2, -0.15) is 0 Å². The highest BCUT2D eigenvalue weighted by molar-refractivity contribution is 9.11. The van der Waals surface area contributed by atoms with E-state index in [-0.39, 0.29) is 69.3 Å². The van der Waals surface area contributed by atoms with E-state index >= 15 is 0 Å². The number of rotatable bonds is 13. The summed E-state index contributed by atoms with van der Waals surface area (Å²) in [5.41, 5.74) is 0.563. The van der Waals surface area contributed by atoms with Crippen molar-refractivity contribution in [1.82, 2.24) is 10.6 Å². The first-order chi connectivity index (χ1) is 18.1. The van der Waals surface area contributed by atoms with E-state index in [1.807, 2.05) is 0 Å². The van der Waals surface area contributed by atoms with Crippen LogP contribution in [0.5, 0.6) is 23.0 Å². The van der Waals surface area contributed by atoms with Crippen LogP contribution in [0.2, 0.25) is 0 Å². The van der Waals surface area contributed by atoms with Gasteiger partial charge >= 0.3 is 0 Å². The number of nitrogens with one attached hydrogen (secondary N) is 2. The molecule has 12 nitrogen and oxygen atoms in total. The van der Waals surface area contributed by atoms with Gasteiger partial charge in [-0.15, -0.1) is 0 Å². The molecule has 0 saturated heterocycles. The van der Waals surface area contributed by atoms with E-state index in [1.165, 1.54) is 45.9 Å². The maximum absolute atomic E-state index is 12.3. The number of phenolic OH excluding ortho intramolecular Hbond substituents is 4. The van der Waals surface area contributed by atoms with Crippen LogP contribution in [0.3, 0.4) is 0 Å². The minimum atomic E-state index is -0.584. The number of oxime groups is 2. The molecule has 0 unspecified atom stereocenters. The number of benzene rings is 2. The normalized spacial score (nSPS) is 11.8. The highest BCUT2D eigenvalue weighted by Crippen LogP contribution is 2.35. The Bertz CT molecular complexity index is 1090. The van der Waals surface area contributed by atoms with Gasteiger partial charge in [0.25, 0.3) is 11.8 Å². The van der Waals surface area contributed by atoms with E-state index in [9.17, 15) is 40.4 Å². The van der Waals surface area contributed by atoms with Crippen LogP contribution >= 0.6 is 53.4 Å². The summed E-state index contributed by atoms with van der Waals surface area (Å²) in [4.78, 5) is 24.5. The predicted octanol–water partition coefficient (Wildman–Crippen LogP) is 3.09. The van der Waals surface area contributed by atoms with Crippen molar-refractivity contribution < 1.29 is 40.4 Å². The predicted molar refractivity (Wildman–Crippen MR) is 152 cm³/mol. The van der Waals surface area contributed by atoms with E-state index in [4.69, 9.17) is 0 Å². The van der Waals surface area contributed by atoms with Crippen molar-refractivity contribution in [3.8, 4) is 23.0 Å². The molecule has 0 atom stereocenters. The summed E-state index contributed by atoms with van der Waals surface area (Å²) >= 11 is 6.17. The van der Waals surface area contributed by atoms with Gasteiger partial charge in [0.2, 0.25) is 0 Å². The van der Waals surface area contributed by atoms with Gasteiger partial charge in [-0.3, -0.25) is 9.59 Å². The Hall–Kier alpha value is -2.82. The molecule has 0 bridgehead atoms. The van der Waals surface area contributed by atoms with Crippen LogP contribution < -0.4 is 10.6 Å². The molecule has 16 heteroatoms. The lowest BCUT2D eigenvalue weighted by molar-refractivity contribution is -0.115. The average molecular weight is 696 g/mol. The maximum Gasteiger partial charge on any atom is 0.269 e. The number of amides is 2. The quantitative estimate of drug-likeness (QED) is 0.0384. The van der Waals surface area contributed by atoms with Crippen molar-refractivity contribution in [3.63, 3.8) is 0 Å². The van der Waals surface area contributed by atoms with Crippen LogP contribution in [0.15, 0.2) is 43.5 Å². The highest BCUT2D eigenvalue weighted by atomic mass is 79.9. The molecule has 0 heterocycles. The lowest BCUT2D eigenvalue weighted by atomic mass is 10.1. The molecule has 38 heavy (non-hydrogen) atoms. The summed E-state index contributed by atoms with van der Waals surface area (Å²) in [6, 6.07) is 5.50. The first-order valence-corrected chi connectivity index (χ1v) is 14.8. The minimum Gasteiger partial charge on any atom is -0.504 e. The van der Waals surface area contributed by atoms with Crippen molar-refractivity contribution in [1.29, 1.82) is 0 Å². The van der Waals surface area contributed by atoms with Crippen molar-refractivity contribution in [3.05, 3.63) is 44.3 Å². The second-order valence-electron chi connectivity index (χ2n) is 7.49. The molecule has 0 fully saturated rings. The van der Waals surface area contributed by atoms with E-state index in [2.05, 4.69) is 52.8 Å². The molecule has 2 rings (SSSR count). The minimum absolute atomic E-state index is 0.0688. The average Bonchev–Trinajstić information content (AvgIpc) is 2.88. The molecule has 0 radical (unpaired) electrons. The van der Waals surface area contributed by atoms with Crippen LogP contribution in [-0.4, -0.2) is 78.7 Å². The van der Waals surface area contributed by atoms with Gasteiger partial charge in [0, 0.05) is 37.4 Å². The van der Waals surface area contributed by atoms with Crippen LogP contribution in [0, 0.1) is 0 Å². The van der Waals surface area contributed by atoms with Crippen LogP contribution in [0.1, 0.15) is 11.1 Å². The Morgan fingerprint density at radius 1 is 0.711 bits per heavy atom. The number of hydrogen-bond acceptors (Lipinski definition) is 12. The second-order valence-corrected chi connectivity index (χ2v) is 11.9. The third-order valence-corrected chi connectivity index (χ3v) is 8.36. The van der Waals surface area contributed by atoms with Crippen molar-refractivity contribution in [2.45, 2.75) is 12.8 Å². The van der Waals surface area contributed by atoms with E-state index in [1.54, 1.807) is 0 Å². The van der Waals surface area contributed by atoms with E-state index < -0.39 is 11.8 Å². The fraction of sp³-hybridized carbons (Fsp3) is 0.273. The van der Waals surface area contributed by atoms with Gasteiger partial charge in [-0.25, -0.2) is 0 Å². The Kier molecular flexibility index (Phi) is 12.9. The van der Waals surface area contributed by atoms with Gasteiger partial charge in [0.1, 0.15) is 11.4 Å². The van der Waals surface area contributed by atoms with Gasteiger partial charge in [0.15, 0.2) is 23.0 Å². The van der Waals surface area contributed by atoms with Gasteiger partial charge < -0.3 is 41.5 Å². The summed E-state index contributed by atoms with van der Waals surface area (Å²) in [7, 11) is 2.88. The molecule has 0 aliphatic carbocycles. The Morgan fingerprint density at radius 2 is 1.08 bits per heavy atom. The molecule has 2 aromatic carbocycles. The monoisotopic (exact) mass is 694 g/mol. The Morgan fingerprint density at radius 3 is 1.39 bits per heavy atom. The fourth-order valence-electron chi connectivity index (χ4n) is 2.93. The molecule has 0 saturated carbocycles. The maximum atomic E-state index is 12.3. The standard InChI is InChI=1S/C22H24Br2N4O8S2/c23-13-5-11(9-17(29)19(13)31)7-15(27-35)21(33)25-1-3-37-38-4-2-26-22(34)16(28-36)8-12-6-14(24)20(32)18(30)10-12/h5-6,9-10,29-32,35-36H,1-4,7-8H2,(H,25,33)(H,26,34)/b27-15-,28-16-. The fourth-order valence-corrected chi connectivity index (χ4v) is 5.73. The molecule has 2 amide bonds. The highest BCUT2D eigenvalue weighted by Gasteiger charge is 2.17. The third-order valence-electron chi connectivity index (χ3n) is 4.74. The Balaban J connectivity index is 1.66. The van der Waals surface area contributed by atoms with Gasteiger partial charge in [-0.05, 0) is 67.3 Å². The van der Waals surface area contributed by atoms with Gasteiger partial charge in [0.05, 0.1) is 8.95 Å².